The van der Waals surface area contributed by atoms with E-state index in [0.717, 1.165) is 23.9 Å². The summed E-state index contributed by atoms with van der Waals surface area (Å²) in [5.74, 6) is -1.76. The van der Waals surface area contributed by atoms with Crippen LogP contribution in [-0.2, 0) is 12.7 Å². The fourth-order valence-corrected chi connectivity index (χ4v) is 6.47. The van der Waals surface area contributed by atoms with Crippen LogP contribution in [0.25, 0.3) is 38.2 Å². The van der Waals surface area contributed by atoms with Crippen LogP contribution in [0.1, 0.15) is 75.8 Å². The molecule has 10 nitrogen and oxygen atoms in total. The first-order valence-electron chi connectivity index (χ1n) is 14.6. The number of hydrogen-bond donors (Lipinski definition) is 2. The average molecular weight is 683 g/mol. The summed E-state index contributed by atoms with van der Waals surface area (Å²) < 4.78 is 72.9. The summed E-state index contributed by atoms with van der Waals surface area (Å²) in [7, 11) is 0. The van der Waals surface area contributed by atoms with Crippen molar-refractivity contribution in [2.45, 2.75) is 52.8 Å². The minimum absolute atomic E-state index is 0.0139. The van der Waals surface area contributed by atoms with Gasteiger partial charge in [0.15, 0.2) is 11.3 Å². The lowest BCUT2D eigenvalue weighted by atomic mass is 10.0. The van der Waals surface area contributed by atoms with Gasteiger partial charge in [0.2, 0.25) is 0 Å². The van der Waals surface area contributed by atoms with Crippen LogP contribution in [0.3, 0.4) is 0 Å². The van der Waals surface area contributed by atoms with Gasteiger partial charge in [-0.3, -0.25) is 14.3 Å². The van der Waals surface area contributed by atoms with Crippen LogP contribution < -0.4 is 11.1 Å². The van der Waals surface area contributed by atoms with E-state index in [2.05, 4.69) is 25.5 Å². The Balaban J connectivity index is 1.53. The number of hydrogen-bond acceptors (Lipinski definition) is 7. The topological polar surface area (TPSA) is 133 Å². The minimum atomic E-state index is -4.86. The van der Waals surface area contributed by atoms with Crippen molar-refractivity contribution in [2.75, 3.05) is 5.32 Å². The molecule has 0 aliphatic rings. The number of alkyl halides is 5. The van der Waals surface area contributed by atoms with Crippen molar-refractivity contribution >= 4 is 44.7 Å². The molecule has 1 aromatic carbocycles. The van der Waals surface area contributed by atoms with Gasteiger partial charge >= 0.3 is 6.18 Å². The zero-order chi connectivity index (χ0) is 34.7. The molecule has 0 bridgehead atoms. The molecule has 0 aliphatic heterocycles. The number of carbonyl (C=O) groups is 2. The number of benzene rings is 1. The van der Waals surface area contributed by atoms with Crippen LogP contribution in [0, 0.1) is 6.92 Å². The number of carbonyl (C=O) groups excluding carboxylic acids is 2. The standard InChI is InChI=1S/C32H27F5N8O2S/c1-5-44-15(4)19(12-39-44)18-10-22(27(33)34)42-31-24(18)25(26(48-31)28(38)46)43-30(47)20-13-40-45-23(32(35,36)37)11-21(41-29(20)45)17-8-6-16(7-9-17)14(2)3/h6-14,27H,5H2,1-4H3,(H2,38,46)(H,43,47). The Morgan fingerprint density at radius 3 is 2.31 bits per heavy atom. The largest absolute Gasteiger partial charge is 0.433 e. The minimum Gasteiger partial charge on any atom is -0.365 e. The first kappa shape index (κ1) is 32.7. The number of nitrogens with two attached hydrogens (primary N) is 1. The Morgan fingerprint density at radius 2 is 1.73 bits per heavy atom. The highest BCUT2D eigenvalue weighted by Crippen LogP contribution is 2.43. The normalized spacial score (nSPS) is 12.1. The predicted molar refractivity (Wildman–Crippen MR) is 170 cm³/mol. The lowest BCUT2D eigenvalue weighted by Gasteiger charge is -2.13. The number of halogens is 5. The van der Waals surface area contributed by atoms with E-state index in [4.69, 9.17) is 5.73 Å². The van der Waals surface area contributed by atoms with E-state index in [-0.39, 0.29) is 43.5 Å². The third-order valence-electron chi connectivity index (χ3n) is 7.94. The fourth-order valence-electron chi connectivity index (χ4n) is 5.46. The highest BCUT2D eigenvalue weighted by atomic mass is 32.1. The number of nitrogens with zero attached hydrogens (tertiary/aromatic N) is 6. The molecular weight excluding hydrogens is 655 g/mol. The number of anilines is 1. The second-order valence-electron chi connectivity index (χ2n) is 11.3. The van der Waals surface area contributed by atoms with E-state index in [0.29, 0.717) is 39.2 Å². The number of aryl methyl sites for hydroxylation is 1. The van der Waals surface area contributed by atoms with E-state index in [1.54, 1.807) is 35.9 Å². The number of nitrogens with one attached hydrogen (secondary N) is 1. The highest BCUT2D eigenvalue weighted by molar-refractivity contribution is 7.21. The Bertz CT molecular complexity index is 2220. The molecule has 0 fully saturated rings. The van der Waals surface area contributed by atoms with Gasteiger partial charge in [0.1, 0.15) is 21.0 Å². The molecule has 0 spiro atoms. The van der Waals surface area contributed by atoms with Crippen LogP contribution in [0.4, 0.5) is 27.6 Å². The van der Waals surface area contributed by atoms with Crippen LogP contribution in [-0.4, -0.2) is 41.2 Å². The van der Waals surface area contributed by atoms with Gasteiger partial charge in [-0.05, 0) is 43.0 Å². The summed E-state index contributed by atoms with van der Waals surface area (Å²) in [6.07, 6.45) is -5.42. The molecule has 2 amide bonds. The molecular formula is C32H27F5N8O2S. The molecule has 248 valence electrons. The van der Waals surface area contributed by atoms with Crippen molar-refractivity contribution in [1.82, 2.24) is 29.4 Å². The molecule has 0 unspecified atom stereocenters. The molecule has 5 heterocycles. The maximum atomic E-state index is 14.3. The average Bonchev–Trinajstić information content (AvgIpc) is 3.74. The Morgan fingerprint density at radius 1 is 1.02 bits per heavy atom. The number of aromatic nitrogens is 6. The van der Waals surface area contributed by atoms with Crippen molar-refractivity contribution in [3.8, 4) is 22.4 Å². The van der Waals surface area contributed by atoms with Crippen LogP contribution >= 0.6 is 11.3 Å². The lowest BCUT2D eigenvalue weighted by Crippen LogP contribution is -2.18. The predicted octanol–water partition coefficient (Wildman–Crippen LogP) is 7.63. The van der Waals surface area contributed by atoms with Crippen molar-refractivity contribution in [3.63, 3.8) is 0 Å². The smallest absolute Gasteiger partial charge is 0.365 e. The third-order valence-corrected chi connectivity index (χ3v) is 9.04. The molecule has 5 aromatic heterocycles. The summed E-state index contributed by atoms with van der Waals surface area (Å²) in [6.45, 7) is 8.02. The van der Waals surface area contributed by atoms with E-state index in [9.17, 15) is 31.5 Å². The Hall–Kier alpha value is -5.25. The van der Waals surface area contributed by atoms with Crippen LogP contribution in [0.15, 0.2) is 48.8 Å². The first-order chi connectivity index (χ1) is 22.7. The van der Waals surface area contributed by atoms with Crippen LogP contribution in [0.5, 0.6) is 0 Å². The van der Waals surface area contributed by atoms with Gasteiger partial charge in [0, 0.05) is 28.8 Å². The van der Waals surface area contributed by atoms with Gasteiger partial charge in [-0.2, -0.15) is 23.4 Å². The lowest BCUT2D eigenvalue weighted by molar-refractivity contribution is -0.142. The van der Waals surface area contributed by atoms with Crippen molar-refractivity contribution in [2.24, 2.45) is 5.73 Å². The van der Waals surface area contributed by atoms with E-state index in [1.165, 1.54) is 6.20 Å². The van der Waals surface area contributed by atoms with Gasteiger partial charge in [-0.15, -0.1) is 11.3 Å². The zero-order valence-electron chi connectivity index (χ0n) is 25.9. The number of fused-ring (bicyclic) bond motifs is 2. The summed E-state index contributed by atoms with van der Waals surface area (Å²) >= 11 is 0.696. The molecule has 6 rings (SSSR count). The SMILES string of the molecule is CCn1ncc(-c2cc(C(F)F)nc3sc(C(N)=O)c(NC(=O)c4cnn5c(C(F)(F)F)cc(-c6ccc(C(C)C)cc6)nc45)c23)c1C. The van der Waals surface area contributed by atoms with E-state index < -0.39 is 41.5 Å². The maximum absolute atomic E-state index is 14.3. The first-order valence-corrected chi connectivity index (χ1v) is 15.5. The monoisotopic (exact) mass is 682 g/mol. The van der Waals surface area contributed by atoms with Gasteiger partial charge in [0.25, 0.3) is 18.2 Å². The Kier molecular flexibility index (Phi) is 8.23. The third kappa shape index (κ3) is 5.65. The number of primary amides is 1. The molecule has 0 aliphatic carbocycles. The molecule has 0 saturated carbocycles. The second kappa shape index (κ2) is 12.1. The van der Waals surface area contributed by atoms with Gasteiger partial charge < -0.3 is 11.1 Å². The molecule has 3 N–H and O–H groups in total. The molecule has 6 aromatic rings. The molecule has 0 saturated heterocycles. The number of amides is 2. The van der Waals surface area contributed by atoms with Gasteiger partial charge in [-0.25, -0.2) is 23.3 Å². The summed E-state index contributed by atoms with van der Waals surface area (Å²) in [6, 6.07) is 8.85. The quantitative estimate of drug-likeness (QED) is 0.159. The Labute approximate surface area is 273 Å². The summed E-state index contributed by atoms with van der Waals surface area (Å²) in [5, 5.41) is 10.8. The maximum Gasteiger partial charge on any atom is 0.433 e. The molecule has 16 heteroatoms. The zero-order valence-corrected chi connectivity index (χ0v) is 26.7. The number of thiophene rings is 1. The summed E-state index contributed by atoms with van der Waals surface area (Å²) in [4.78, 5) is 34.7. The summed E-state index contributed by atoms with van der Waals surface area (Å²) in [5.41, 5.74) is 5.61. The second-order valence-corrected chi connectivity index (χ2v) is 12.3. The van der Waals surface area contributed by atoms with Crippen molar-refractivity contribution < 1.29 is 31.5 Å². The molecule has 48 heavy (non-hydrogen) atoms. The highest BCUT2D eigenvalue weighted by Gasteiger charge is 2.36. The number of pyridine rings is 1. The van der Waals surface area contributed by atoms with Crippen molar-refractivity contribution in [1.29, 1.82) is 0 Å². The van der Waals surface area contributed by atoms with Crippen molar-refractivity contribution in [3.05, 3.63) is 81.9 Å². The van der Waals surface area contributed by atoms with E-state index >= 15 is 0 Å². The number of rotatable bonds is 8. The molecule has 0 atom stereocenters. The van der Waals surface area contributed by atoms with E-state index in [1.807, 2.05) is 20.8 Å². The van der Waals surface area contributed by atoms with Gasteiger partial charge in [0.05, 0.1) is 23.8 Å². The fraction of sp³-hybridized carbons (Fsp3) is 0.250. The van der Waals surface area contributed by atoms with Gasteiger partial charge in [-0.1, -0.05) is 38.1 Å². The molecule has 0 radical (unpaired) electrons. The van der Waals surface area contributed by atoms with Crippen LogP contribution in [0.2, 0.25) is 0 Å².